The zero-order chi connectivity index (χ0) is 11.0. The number of benzene rings is 1. The molecule has 0 fully saturated rings. The van der Waals surface area contributed by atoms with Crippen molar-refractivity contribution in [2.45, 2.75) is 0 Å². The number of carbonyl (C=O) groups excluding carboxylic acids is 1. The van der Waals surface area contributed by atoms with E-state index >= 15 is 0 Å². The Balaban J connectivity index is 2.69. The molecule has 1 N–H and O–H groups in total. The van der Waals surface area contributed by atoms with Crippen molar-refractivity contribution in [1.82, 2.24) is 9.71 Å². The van der Waals surface area contributed by atoms with Crippen molar-refractivity contribution in [3.63, 3.8) is 0 Å². The molecule has 1 heterocycles. The molecule has 15 heavy (non-hydrogen) atoms. The van der Waals surface area contributed by atoms with Crippen molar-refractivity contribution in [3.05, 3.63) is 29.0 Å². The molecular weight excluding hydrogens is 220 g/mol. The molecule has 2 aromatic rings. The Kier molecular flexibility index (Phi) is 2.24. The van der Waals surface area contributed by atoms with Gasteiger partial charge in [0.05, 0.1) is 12.6 Å². The first-order chi connectivity index (χ1) is 7.13. The number of aromatic nitrogens is 2. The number of hydrogen-bond acceptors (Lipinski definition) is 4. The maximum absolute atomic E-state index is 11.2. The van der Waals surface area contributed by atoms with Gasteiger partial charge in [-0.15, -0.1) is 0 Å². The summed E-state index contributed by atoms with van der Waals surface area (Å²) in [6.45, 7) is 0. The van der Waals surface area contributed by atoms with Gasteiger partial charge in [-0.05, 0) is 18.2 Å². The Bertz CT molecular complexity index is 535. The van der Waals surface area contributed by atoms with Gasteiger partial charge < -0.3 is 9.94 Å². The van der Waals surface area contributed by atoms with Crippen LogP contribution >= 0.6 is 11.6 Å². The zero-order valence-electron chi connectivity index (χ0n) is 7.77. The smallest absolute Gasteiger partial charge is 0.377 e. The third kappa shape index (κ3) is 1.50. The maximum atomic E-state index is 11.2. The lowest BCUT2D eigenvalue weighted by Gasteiger charge is -1.97. The average Bonchev–Trinajstić information content (AvgIpc) is 2.55. The number of ether oxygens (including phenoxy) is 1. The van der Waals surface area contributed by atoms with Gasteiger partial charge in [0.2, 0.25) is 0 Å². The highest BCUT2D eigenvalue weighted by molar-refractivity contribution is 6.31. The van der Waals surface area contributed by atoms with Gasteiger partial charge in [0.1, 0.15) is 5.52 Å². The summed E-state index contributed by atoms with van der Waals surface area (Å²) in [5, 5.41) is 10.1. The topological polar surface area (TPSA) is 64.3 Å². The summed E-state index contributed by atoms with van der Waals surface area (Å²) < 4.78 is 5.12. The summed E-state index contributed by atoms with van der Waals surface area (Å²) >= 11 is 5.74. The highest BCUT2D eigenvalue weighted by atomic mass is 35.5. The third-order valence-electron chi connectivity index (χ3n) is 1.96. The van der Waals surface area contributed by atoms with Crippen molar-refractivity contribution in [3.8, 4) is 0 Å². The van der Waals surface area contributed by atoms with Gasteiger partial charge in [-0.25, -0.2) is 9.78 Å². The van der Waals surface area contributed by atoms with Crippen LogP contribution in [0.4, 0.5) is 0 Å². The van der Waals surface area contributed by atoms with Crippen LogP contribution in [-0.2, 0) is 4.74 Å². The van der Waals surface area contributed by atoms with E-state index in [0.29, 0.717) is 20.8 Å². The SMILES string of the molecule is COC(=O)c1nc2ccc(Cl)cc2n1O. The van der Waals surface area contributed by atoms with E-state index in [2.05, 4.69) is 9.72 Å². The average molecular weight is 227 g/mol. The van der Waals surface area contributed by atoms with E-state index in [0.717, 1.165) is 0 Å². The number of esters is 1. The number of rotatable bonds is 1. The standard InChI is InChI=1S/C9H7ClN2O3/c1-15-9(13)8-11-6-3-2-5(10)4-7(6)12(8)14/h2-4,14H,1H3. The second-order valence-corrected chi connectivity index (χ2v) is 3.31. The molecule has 0 atom stereocenters. The minimum Gasteiger partial charge on any atom is -0.463 e. The van der Waals surface area contributed by atoms with Crippen LogP contribution in [0.3, 0.4) is 0 Å². The molecular formula is C9H7ClN2O3. The normalized spacial score (nSPS) is 10.5. The second-order valence-electron chi connectivity index (χ2n) is 2.87. The minimum atomic E-state index is -0.704. The molecule has 0 aliphatic carbocycles. The van der Waals surface area contributed by atoms with Gasteiger partial charge in [-0.1, -0.05) is 11.6 Å². The van der Waals surface area contributed by atoms with Crippen LogP contribution in [0, 0.1) is 0 Å². The largest absolute Gasteiger partial charge is 0.463 e. The second kappa shape index (κ2) is 3.43. The molecule has 1 aromatic heterocycles. The first-order valence-electron chi connectivity index (χ1n) is 4.09. The number of nitrogens with zero attached hydrogens (tertiary/aromatic N) is 2. The molecule has 0 spiro atoms. The fourth-order valence-electron chi connectivity index (χ4n) is 1.26. The van der Waals surface area contributed by atoms with Gasteiger partial charge >= 0.3 is 5.97 Å². The van der Waals surface area contributed by atoms with Crippen LogP contribution < -0.4 is 0 Å². The zero-order valence-corrected chi connectivity index (χ0v) is 8.52. The highest BCUT2D eigenvalue weighted by Crippen LogP contribution is 2.19. The molecule has 6 heteroatoms. The van der Waals surface area contributed by atoms with E-state index in [1.807, 2.05) is 0 Å². The van der Waals surface area contributed by atoms with E-state index in [-0.39, 0.29) is 5.82 Å². The first kappa shape index (κ1) is 9.79. The number of hydrogen-bond donors (Lipinski definition) is 1. The molecule has 2 rings (SSSR count). The molecule has 1 aromatic carbocycles. The van der Waals surface area contributed by atoms with Crippen LogP contribution in [0.15, 0.2) is 18.2 Å². The van der Waals surface area contributed by atoms with E-state index in [9.17, 15) is 10.0 Å². The van der Waals surface area contributed by atoms with Gasteiger partial charge in [-0.2, -0.15) is 4.73 Å². The minimum absolute atomic E-state index is 0.172. The molecule has 0 amide bonds. The van der Waals surface area contributed by atoms with Gasteiger partial charge in [0.25, 0.3) is 5.82 Å². The maximum Gasteiger partial charge on any atom is 0.377 e. The summed E-state index contributed by atoms with van der Waals surface area (Å²) in [7, 11) is 1.22. The summed E-state index contributed by atoms with van der Waals surface area (Å²) in [4.78, 5) is 15.1. The predicted molar refractivity (Wildman–Crippen MR) is 53.3 cm³/mol. The Labute approximate surface area is 89.8 Å². The Hall–Kier alpha value is -1.75. The van der Waals surface area contributed by atoms with Gasteiger partial charge in [-0.3, -0.25) is 0 Å². The summed E-state index contributed by atoms with van der Waals surface area (Å²) in [6, 6.07) is 4.74. The quantitative estimate of drug-likeness (QED) is 0.594. The van der Waals surface area contributed by atoms with Crippen molar-refractivity contribution >= 4 is 28.6 Å². The van der Waals surface area contributed by atoms with E-state index in [1.54, 1.807) is 12.1 Å². The Morgan fingerprint density at radius 2 is 2.33 bits per heavy atom. The van der Waals surface area contributed by atoms with Crippen LogP contribution in [0.5, 0.6) is 0 Å². The highest BCUT2D eigenvalue weighted by Gasteiger charge is 2.17. The van der Waals surface area contributed by atoms with Crippen molar-refractivity contribution in [2.75, 3.05) is 7.11 Å². The van der Waals surface area contributed by atoms with Crippen LogP contribution in [0.1, 0.15) is 10.6 Å². The molecule has 0 aliphatic rings. The molecule has 0 bridgehead atoms. The lowest BCUT2D eigenvalue weighted by Crippen LogP contribution is -2.09. The monoisotopic (exact) mass is 226 g/mol. The fourth-order valence-corrected chi connectivity index (χ4v) is 1.43. The molecule has 0 saturated heterocycles. The molecule has 5 nitrogen and oxygen atoms in total. The van der Waals surface area contributed by atoms with Gasteiger partial charge in [0.15, 0.2) is 0 Å². The first-order valence-corrected chi connectivity index (χ1v) is 4.47. The number of imidazole rings is 1. The summed E-state index contributed by atoms with van der Waals surface area (Å²) in [6.07, 6.45) is 0. The molecule has 0 unspecified atom stereocenters. The third-order valence-corrected chi connectivity index (χ3v) is 2.20. The number of fused-ring (bicyclic) bond motifs is 1. The van der Waals surface area contributed by atoms with E-state index in [1.165, 1.54) is 13.2 Å². The van der Waals surface area contributed by atoms with E-state index in [4.69, 9.17) is 11.6 Å². The molecule has 0 saturated carbocycles. The lowest BCUT2D eigenvalue weighted by atomic mass is 10.3. The fraction of sp³-hybridized carbons (Fsp3) is 0.111. The van der Waals surface area contributed by atoms with Crippen molar-refractivity contribution < 1.29 is 14.7 Å². The summed E-state index contributed by atoms with van der Waals surface area (Å²) in [5.74, 6) is -0.875. The predicted octanol–water partition coefficient (Wildman–Crippen LogP) is 1.71. The molecule has 78 valence electrons. The van der Waals surface area contributed by atoms with Crippen LogP contribution in [-0.4, -0.2) is 28.0 Å². The van der Waals surface area contributed by atoms with Gasteiger partial charge in [0, 0.05) is 5.02 Å². The number of carbonyl (C=O) groups is 1. The number of methoxy groups -OCH3 is 1. The van der Waals surface area contributed by atoms with Crippen molar-refractivity contribution in [1.29, 1.82) is 0 Å². The number of halogens is 1. The van der Waals surface area contributed by atoms with E-state index < -0.39 is 5.97 Å². The lowest BCUT2D eigenvalue weighted by molar-refractivity contribution is 0.0544. The van der Waals surface area contributed by atoms with Crippen LogP contribution in [0.2, 0.25) is 5.02 Å². The Morgan fingerprint density at radius 3 is 3.00 bits per heavy atom. The van der Waals surface area contributed by atoms with Crippen LogP contribution in [0.25, 0.3) is 11.0 Å². The Morgan fingerprint density at radius 1 is 1.60 bits per heavy atom. The van der Waals surface area contributed by atoms with Crippen molar-refractivity contribution in [2.24, 2.45) is 0 Å². The molecule has 0 aliphatic heterocycles. The molecule has 0 radical (unpaired) electrons. The summed E-state index contributed by atoms with van der Waals surface area (Å²) in [5.41, 5.74) is 0.838.